The molecule has 3 aliphatic heterocycles. The number of hydrogen-bond acceptors (Lipinski definition) is 14. The summed E-state index contributed by atoms with van der Waals surface area (Å²) in [6.45, 7) is 4.03. The lowest BCUT2D eigenvalue weighted by molar-refractivity contribution is -0.136. The molecule has 4 aromatic carbocycles. The number of methoxy groups -OCH3 is 2. The fourth-order valence-corrected chi connectivity index (χ4v) is 9.42. The number of nitrogens with one attached hydrogen (secondary N) is 3. The van der Waals surface area contributed by atoms with E-state index in [1.165, 1.54) is 31.5 Å². The number of amides is 6. The van der Waals surface area contributed by atoms with E-state index in [0.717, 1.165) is 74.6 Å². The molecule has 0 aliphatic carbocycles. The predicted molar refractivity (Wildman–Crippen MR) is 266 cm³/mol. The normalized spacial score (nSPS) is 16.0. The summed E-state index contributed by atoms with van der Waals surface area (Å²) in [6, 6.07) is 18.2. The summed E-state index contributed by atoms with van der Waals surface area (Å²) in [5.41, 5.74) is 2.62. The monoisotopic (exact) mass is 993 g/mol. The topological polar surface area (TPSA) is 205 Å². The lowest BCUT2D eigenvalue weighted by Gasteiger charge is -2.35. The summed E-state index contributed by atoms with van der Waals surface area (Å²) in [4.78, 5) is 93.0. The molecule has 4 heterocycles. The second-order valence-electron chi connectivity index (χ2n) is 17.2. The summed E-state index contributed by atoms with van der Waals surface area (Å²) >= 11 is 12.9. The number of imide groups is 2. The number of ketones is 1. The Hall–Kier alpha value is -7.02. The van der Waals surface area contributed by atoms with Crippen molar-refractivity contribution >= 4 is 98.1 Å². The van der Waals surface area contributed by atoms with E-state index in [1.807, 2.05) is 36.4 Å². The Morgan fingerprint density at radius 3 is 2.24 bits per heavy atom. The molecule has 2 fully saturated rings. The van der Waals surface area contributed by atoms with Crippen LogP contribution in [-0.4, -0.2) is 122 Å². The molecule has 2 saturated heterocycles. The SMILES string of the molecule is COc1cc(OC)c(Cl)c(NC(=O)N(C)c2cc(Nc3ccc(N4CCN(CC(=O)CCCCCCCOc5cc6c7c(cccc7c5)C(=O)N(C5CCC(=O)NC5=O)C6=O)CC4)cc3)ncn2)c1Cl. The van der Waals surface area contributed by atoms with Gasteiger partial charge in [0.2, 0.25) is 11.8 Å². The van der Waals surface area contributed by atoms with Gasteiger partial charge < -0.3 is 29.7 Å². The Labute approximate surface area is 414 Å². The number of carbonyl (C=O) groups excluding carboxylic acids is 6. The van der Waals surface area contributed by atoms with Crippen LogP contribution in [0.4, 0.5) is 33.5 Å². The average molecular weight is 995 g/mol. The van der Waals surface area contributed by atoms with Crippen molar-refractivity contribution < 1.29 is 43.0 Å². The number of piperazine rings is 1. The van der Waals surface area contributed by atoms with Gasteiger partial charge in [-0.05, 0) is 67.1 Å². The Morgan fingerprint density at radius 2 is 1.53 bits per heavy atom. The van der Waals surface area contributed by atoms with Crippen LogP contribution < -0.4 is 40.0 Å². The maximum Gasteiger partial charge on any atom is 0.327 e. The minimum Gasteiger partial charge on any atom is -0.495 e. The zero-order chi connectivity index (χ0) is 49.5. The molecule has 3 N–H and O–H groups in total. The van der Waals surface area contributed by atoms with Crippen LogP contribution in [0.2, 0.25) is 10.0 Å². The van der Waals surface area contributed by atoms with Crippen LogP contribution in [0.1, 0.15) is 72.1 Å². The number of unbranched alkanes of at least 4 members (excludes halogenated alkanes) is 4. The lowest BCUT2D eigenvalue weighted by atomic mass is 9.91. The second kappa shape index (κ2) is 22.2. The number of ether oxygens (including phenoxy) is 3. The van der Waals surface area contributed by atoms with Crippen molar-refractivity contribution in [1.82, 2.24) is 25.1 Å². The highest BCUT2D eigenvalue weighted by molar-refractivity contribution is 6.41. The number of aromatic nitrogens is 2. The Kier molecular flexibility index (Phi) is 15.6. The van der Waals surface area contributed by atoms with Gasteiger partial charge >= 0.3 is 6.03 Å². The molecule has 18 nitrogen and oxygen atoms in total. The number of hydrogen-bond donors (Lipinski definition) is 3. The van der Waals surface area contributed by atoms with Gasteiger partial charge in [0, 0.05) is 80.5 Å². The van der Waals surface area contributed by atoms with Crippen LogP contribution >= 0.6 is 23.2 Å². The quantitative estimate of drug-likeness (QED) is 0.0532. The number of halogens is 2. The van der Waals surface area contributed by atoms with E-state index in [9.17, 15) is 28.8 Å². The van der Waals surface area contributed by atoms with E-state index in [1.54, 1.807) is 31.3 Å². The molecule has 3 aliphatic rings. The van der Waals surface area contributed by atoms with Gasteiger partial charge in [0.05, 0.1) is 38.6 Å². The summed E-state index contributed by atoms with van der Waals surface area (Å²) < 4.78 is 16.7. The first-order valence-electron chi connectivity index (χ1n) is 23.1. The van der Waals surface area contributed by atoms with Crippen LogP contribution in [0.15, 0.2) is 73.1 Å². The summed E-state index contributed by atoms with van der Waals surface area (Å²) in [6.07, 6.45) is 6.46. The number of anilines is 5. The molecule has 1 unspecified atom stereocenters. The van der Waals surface area contributed by atoms with Gasteiger partial charge in [0.25, 0.3) is 11.8 Å². The van der Waals surface area contributed by atoms with Crippen molar-refractivity contribution in [2.24, 2.45) is 0 Å². The standard InChI is InChI=1S/C50H53Cl2N9O9/c1-58(50(67)57-46-44(51)38(68-2)26-39(69-3)45(46)52)41-27-40(53-29-54-41)55-31-13-15-32(16-14-31)60-21-19-59(20-22-60)28-33(62)11-7-5-4-6-8-23-70-34-24-30-10-9-12-35-43(30)36(25-34)49(66)61(48(35)65)37-17-18-42(63)56-47(37)64/h9-10,12-16,24-27,29,37H,4-8,11,17-23,28H2,1-3H3,(H,57,67)(H,53,54,55)(H,56,63,64). The lowest BCUT2D eigenvalue weighted by Crippen LogP contribution is -2.57. The minimum atomic E-state index is -1.06. The van der Waals surface area contributed by atoms with E-state index in [0.29, 0.717) is 58.9 Å². The van der Waals surface area contributed by atoms with E-state index < -0.39 is 35.7 Å². The third-order valence-corrected chi connectivity index (χ3v) is 13.4. The Balaban J connectivity index is 0.723. The molecule has 8 rings (SSSR count). The average Bonchev–Trinajstić information content (AvgIpc) is 3.36. The zero-order valence-corrected chi connectivity index (χ0v) is 40.5. The number of rotatable bonds is 19. The van der Waals surface area contributed by atoms with Crippen LogP contribution in [-0.2, 0) is 14.4 Å². The van der Waals surface area contributed by atoms with Crippen LogP contribution in [0.25, 0.3) is 10.8 Å². The fraction of sp³-hybridized carbons (Fsp3) is 0.360. The van der Waals surface area contributed by atoms with Crippen molar-refractivity contribution in [2.45, 2.75) is 57.4 Å². The number of nitrogens with zero attached hydrogens (tertiary/aromatic N) is 6. The van der Waals surface area contributed by atoms with E-state index in [-0.39, 0.29) is 45.9 Å². The van der Waals surface area contributed by atoms with Crippen molar-refractivity contribution in [2.75, 3.05) is 81.0 Å². The minimum absolute atomic E-state index is 0.0450. The van der Waals surface area contributed by atoms with Crippen LogP contribution in [0.5, 0.6) is 17.2 Å². The van der Waals surface area contributed by atoms with Gasteiger partial charge in [-0.1, -0.05) is 54.6 Å². The van der Waals surface area contributed by atoms with Gasteiger partial charge in [-0.25, -0.2) is 14.8 Å². The number of benzene rings is 4. The van der Waals surface area contributed by atoms with Crippen LogP contribution in [0.3, 0.4) is 0 Å². The van der Waals surface area contributed by atoms with Gasteiger partial charge in [-0.2, -0.15) is 0 Å². The van der Waals surface area contributed by atoms with Crippen molar-refractivity contribution in [3.05, 3.63) is 94.2 Å². The highest BCUT2D eigenvalue weighted by Crippen LogP contribution is 2.44. The molecule has 0 bridgehead atoms. The smallest absolute Gasteiger partial charge is 0.327 e. The molecule has 0 saturated carbocycles. The first kappa shape index (κ1) is 49.4. The summed E-state index contributed by atoms with van der Waals surface area (Å²) in [7, 11) is 4.44. The Bertz CT molecular complexity index is 2790. The van der Waals surface area contributed by atoms with Crippen LogP contribution in [0, 0.1) is 0 Å². The highest BCUT2D eigenvalue weighted by Gasteiger charge is 2.43. The third-order valence-electron chi connectivity index (χ3n) is 12.6. The maximum absolute atomic E-state index is 13.7. The van der Waals surface area contributed by atoms with Gasteiger partial charge in [0.1, 0.15) is 57.1 Å². The molecule has 20 heteroatoms. The molecular formula is C50H53Cl2N9O9. The molecule has 70 heavy (non-hydrogen) atoms. The number of Topliss-reactive ketones (excluding diaryl/α,β-unsaturated/α-hetero) is 1. The second-order valence-corrected chi connectivity index (χ2v) is 18.0. The number of urea groups is 1. The first-order valence-corrected chi connectivity index (χ1v) is 23.8. The van der Waals surface area contributed by atoms with Crippen molar-refractivity contribution in [3.63, 3.8) is 0 Å². The summed E-state index contributed by atoms with van der Waals surface area (Å²) in [5, 5.41) is 9.69. The largest absolute Gasteiger partial charge is 0.495 e. The number of piperidine rings is 1. The molecule has 6 amide bonds. The Morgan fingerprint density at radius 1 is 0.829 bits per heavy atom. The van der Waals surface area contributed by atoms with Crippen molar-refractivity contribution in [1.29, 1.82) is 0 Å². The summed E-state index contributed by atoms with van der Waals surface area (Å²) in [5.74, 6) is -0.107. The fourth-order valence-electron chi connectivity index (χ4n) is 8.82. The molecule has 366 valence electrons. The molecule has 1 aromatic heterocycles. The molecule has 1 atom stereocenters. The highest BCUT2D eigenvalue weighted by atomic mass is 35.5. The van der Waals surface area contributed by atoms with E-state index >= 15 is 0 Å². The molecule has 5 aromatic rings. The molecule has 0 spiro atoms. The molecular weight excluding hydrogens is 942 g/mol. The zero-order valence-electron chi connectivity index (χ0n) is 39.0. The molecule has 0 radical (unpaired) electrons. The van der Waals surface area contributed by atoms with E-state index in [4.69, 9.17) is 37.4 Å². The van der Waals surface area contributed by atoms with Gasteiger partial charge in [0.15, 0.2) is 0 Å². The van der Waals surface area contributed by atoms with Crippen molar-refractivity contribution in [3.8, 4) is 17.2 Å². The predicted octanol–water partition coefficient (Wildman–Crippen LogP) is 7.88. The van der Waals surface area contributed by atoms with E-state index in [2.05, 4.69) is 35.7 Å². The third kappa shape index (κ3) is 11.0. The maximum atomic E-state index is 13.7. The first-order chi connectivity index (χ1) is 33.8. The van der Waals surface area contributed by atoms with Gasteiger partial charge in [-0.3, -0.25) is 44.0 Å². The number of carbonyl (C=O) groups is 6. The van der Waals surface area contributed by atoms with Gasteiger partial charge in [-0.15, -0.1) is 0 Å².